The minimum absolute atomic E-state index is 0.591. The molecule has 2 aromatic heterocycles. The van der Waals surface area contributed by atoms with Gasteiger partial charge < -0.3 is 14.6 Å². The fraction of sp³-hybridized carbons (Fsp3) is 0.333. The van der Waals surface area contributed by atoms with Crippen LogP contribution < -0.4 is 10.1 Å². The lowest BCUT2D eigenvalue weighted by molar-refractivity contribution is 0.384. The highest BCUT2D eigenvalue weighted by atomic mass is 32.2. The number of ether oxygens (including phenoxy) is 1. The fourth-order valence-electron chi connectivity index (χ4n) is 1.91. The summed E-state index contributed by atoms with van der Waals surface area (Å²) in [6.07, 6.45) is 1.84. The van der Waals surface area contributed by atoms with Gasteiger partial charge in [-0.25, -0.2) is 0 Å². The second kappa shape index (κ2) is 8.11. The molecule has 1 N–H and O–H groups in total. The van der Waals surface area contributed by atoms with Crippen LogP contribution in [0.3, 0.4) is 0 Å². The molecule has 2 heterocycles. The van der Waals surface area contributed by atoms with Crippen molar-refractivity contribution in [1.82, 2.24) is 20.3 Å². The molecule has 0 aliphatic rings. The molecule has 1 aromatic carbocycles. The van der Waals surface area contributed by atoms with Gasteiger partial charge in [0.2, 0.25) is 11.0 Å². The van der Waals surface area contributed by atoms with E-state index in [1.807, 2.05) is 24.3 Å². The number of benzene rings is 1. The lowest BCUT2D eigenvalue weighted by atomic mass is 10.3. The van der Waals surface area contributed by atoms with Gasteiger partial charge in [-0.1, -0.05) is 35.2 Å². The molecule has 0 amide bonds. The van der Waals surface area contributed by atoms with Gasteiger partial charge >= 0.3 is 0 Å². The van der Waals surface area contributed by atoms with E-state index < -0.39 is 0 Å². The fourth-order valence-corrected chi connectivity index (χ4v) is 3.52. The van der Waals surface area contributed by atoms with E-state index >= 15 is 0 Å². The quantitative estimate of drug-likeness (QED) is 0.603. The van der Waals surface area contributed by atoms with Crippen LogP contribution in [0.4, 0.5) is 10.8 Å². The highest BCUT2D eigenvalue weighted by Crippen LogP contribution is 2.30. The number of methoxy groups -OCH3 is 1. The third-order valence-electron chi connectivity index (χ3n) is 3.05. The summed E-state index contributed by atoms with van der Waals surface area (Å²) in [6.45, 7) is 2.09. The molecule has 0 aliphatic carbocycles. The van der Waals surface area contributed by atoms with Gasteiger partial charge in [-0.2, -0.15) is 4.98 Å². The Kier molecular flexibility index (Phi) is 5.65. The van der Waals surface area contributed by atoms with Gasteiger partial charge in [0.15, 0.2) is 10.2 Å². The lowest BCUT2D eigenvalue weighted by Crippen LogP contribution is -1.89. The number of hydrogen-bond donors (Lipinski definition) is 1. The number of anilines is 2. The van der Waals surface area contributed by atoms with Gasteiger partial charge in [0, 0.05) is 12.1 Å². The molecule has 7 nitrogen and oxygen atoms in total. The molecule has 0 aliphatic heterocycles. The average molecular weight is 363 g/mol. The van der Waals surface area contributed by atoms with E-state index in [0.717, 1.165) is 39.6 Å². The van der Waals surface area contributed by atoms with Gasteiger partial charge in [0.1, 0.15) is 5.75 Å². The number of thioether (sulfide) groups is 1. The van der Waals surface area contributed by atoms with Gasteiger partial charge in [-0.3, -0.25) is 0 Å². The Morgan fingerprint density at radius 1 is 1.25 bits per heavy atom. The summed E-state index contributed by atoms with van der Waals surface area (Å²) in [5.74, 6) is 2.78. The number of aromatic nitrogens is 4. The summed E-state index contributed by atoms with van der Waals surface area (Å²) in [5.41, 5.74) is 0.935. The maximum atomic E-state index is 5.21. The van der Waals surface area contributed by atoms with E-state index in [-0.39, 0.29) is 0 Å². The van der Waals surface area contributed by atoms with Crippen molar-refractivity contribution in [2.24, 2.45) is 0 Å². The van der Waals surface area contributed by atoms with E-state index in [4.69, 9.17) is 9.26 Å². The van der Waals surface area contributed by atoms with Crippen molar-refractivity contribution in [1.29, 1.82) is 0 Å². The van der Waals surface area contributed by atoms with Crippen LogP contribution in [-0.4, -0.2) is 27.4 Å². The van der Waals surface area contributed by atoms with Crippen molar-refractivity contribution in [3.05, 3.63) is 36.0 Å². The smallest absolute Gasteiger partial charge is 0.237 e. The summed E-state index contributed by atoms with van der Waals surface area (Å²) in [4.78, 5) is 4.34. The Bertz CT molecular complexity index is 772. The molecular formula is C15H17N5O2S2. The van der Waals surface area contributed by atoms with Crippen molar-refractivity contribution in [2.75, 3.05) is 12.4 Å². The van der Waals surface area contributed by atoms with Crippen LogP contribution in [0, 0.1) is 0 Å². The maximum Gasteiger partial charge on any atom is 0.237 e. The van der Waals surface area contributed by atoms with Crippen molar-refractivity contribution in [2.45, 2.75) is 29.9 Å². The summed E-state index contributed by atoms with van der Waals surface area (Å²) in [7, 11) is 1.64. The maximum absolute atomic E-state index is 5.21. The Morgan fingerprint density at radius 3 is 2.83 bits per heavy atom. The normalized spacial score (nSPS) is 10.8. The van der Waals surface area contributed by atoms with Crippen molar-refractivity contribution in [3.8, 4) is 5.75 Å². The highest BCUT2D eigenvalue weighted by molar-refractivity contribution is 8.00. The third-order valence-corrected chi connectivity index (χ3v) is 5.01. The Morgan fingerprint density at radius 2 is 2.08 bits per heavy atom. The first-order valence-electron chi connectivity index (χ1n) is 7.45. The average Bonchev–Trinajstić information content (AvgIpc) is 3.23. The van der Waals surface area contributed by atoms with Crippen LogP contribution in [0.25, 0.3) is 0 Å². The van der Waals surface area contributed by atoms with Crippen LogP contribution in [0.2, 0.25) is 0 Å². The van der Waals surface area contributed by atoms with Crippen molar-refractivity contribution in [3.63, 3.8) is 0 Å². The number of aryl methyl sites for hydroxylation is 1. The van der Waals surface area contributed by atoms with E-state index in [9.17, 15) is 0 Å². The van der Waals surface area contributed by atoms with Crippen LogP contribution in [0.1, 0.15) is 25.1 Å². The molecule has 3 rings (SSSR count). The number of nitrogens with zero attached hydrogens (tertiary/aromatic N) is 4. The van der Waals surface area contributed by atoms with Crippen LogP contribution in [0.5, 0.6) is 5.75 Å². The molecule has 0 saturated carbocycles. The van der Waals surface area contributed by atoms with E-state index in [1.54, 1.807) is 7.11 Å². The first-order valence-corrected chi connectivity index (χ1v) is 9.26. The minimum atomic E-state index is 0.591. The van der Waals surface area contributed by atoms with Gasteiger partial charge in [0.05, 0.1) is 12.9 Å². The third kappa shape index (κ3) is 4.45. The molecule has 0 atom stereocenters. The van der Waals surface area contributed by atoms with Crippen LogP contribution in [-0.2, 0) is 12.2 Å². The molecule has 0 spiro atoms. The van der Waals surface area contributed by atoms with Gasteiger partial charge in [-0.05, 0) is 30.7 Å². The standard InChI is InChI=1S/C15H17N5O2S2/c1-3-4-12-17-13(22-20-12)9-23-15-19-18-14(24-15)16-10-5-7-11(21-2)8-6-10/h5-8H,3-4,9H2,1-2H3,(H,16,18). The molecule has 0 saturated heterocycles. The van der Waals surface area contributed by atoms with Crippen molar-refractivity contribution >= 4 is 33.9 Å². The molecule has 0 radical (unpaired) electrons. The van der Waals surface area contributed by atoms with Gasteiger partial charge in [-0.15, -0.1) is 10.2 Å². The number of nitrogens with one attached hydrogen (secondary N) is 1. The topological polar surface area (TPSA) is 86.0 Å². The van der Waals surface area contributed by atoms with Crippen LogP contribution >= 0.6 is 23.1 Å². The first kappa shape index (κ1) is 16.7. The largest absolute Gasteiger partial charge is 0.497 e. The predicted molar refractivity (Wildman–Crippen MR) is 94.0 cm³/mol. The summed E-state index contributed by atoms with van der Waals surface area (Å²) >= 11 is 3.01. The number of hydrogen-bond acceptors (Lipinski definition) is 9. The SMILES string of the molecule is CCCc1noc(CSc2nnc(Nc3ccc(OC)cc3)s2)n1. The molecule has 0 unspecified atom stereocenters. The monoisotopic (exact) mass is 363 g/mol. The first-order chi connectivity index (χ1) is 11.8. The molecule has 0 bridgehead atoms. The molecule has 24 heavy (non-hydrogen) atoms. The second-order valence-corrected chi connectivity index (χ2v) is 7.07. The molecule has 0 fully saturated rings. The lowest BCUT2D eigenvalue weighted by Gasteiger charge is -2.03. The van der Waals surface area contributed by atoms with Crippen molar-refractivity contribution < 1.29 is 9.26 Å². The summed E-state index contributed by atoms with van der Waals surface area (Å²) < 4.78 is 11.2. The zero-order valence-corrected chi connectivity index (χ0v) is 15.0. The zero-order chi connectivity index (χ0) is 16.8. The zero-order valence-electron chi connectivity index (χ0n) is 13.4. The molecule has 9 heteroatoms. The Labute approximate surface area is 147 Å². The van der Waals surface area contributed by atoms with Crippen LogP contribution in [0.15, 0.2) is 33.1 Å². The van der Waals surface area contributed by atoms with E-state index in [0.29, 0.717) is 11.6 Å². The Balaban J connectivity index is 1.54. The molecular weight excluding hydrogens is 346 g/mol. The van der Waals surface area contributed by atoms with E-state index in [1.165, 1.54) is 23.1 Å². The second-order valence-electron chi connectivity index (χ2n) is 4.87. The summed E-state index contributed by atoms with van der Waals surface area (Å²) in [5, 5.41) is 16.2. The molecule has 126 valence electrons. The minimum Gasteiger partial charge on any atom is -0.497 e. The Hall–Kier alpha value is -2.13. The van der Waals surface area contributed by atoms with E-state index in [2.05, 4.69) is 32.6 Å². The highest BCUT2D eigenvalue weighted by Gasteiger charge is 2.10. The summed E-state index contributed by atoms with van der Waals surface area (Å²) in [6, 6.07) is 7.65. The number of rotatable bonds is 8. The predicted octanol–water partition coefficient (Wildman–Crippen LogP) is 3.92. The van der Waals surface area contributed by atoms with Gasteiger partial charge in [0.25, 0.3) is 0 Å². The molecule has 3 aromatic rings.